The minimum atomic E-state index is -2.95. The summed E-state index contributed by atoms with van der Waals surface area (Å²) in [6, 6.07) is 11.0. The molecule has 31 heavy (non-hydrogen) atoms. The van der Waals surface area contributed by atoms with Crippen molar-refractivity contribution in [1.29, 1.82) is 0 Å². The van der Waals surface area contributed by atoms with Crippen LogP contribution < -0.4 is 0 Å². The predicted molar refractivity (Wildman–Crippen MR) is 136 cm³/mol. The van der Waals surface area contributed by atoms with Gasteiger partial charge in [0.2, 0.25) is 0 Å². The molecule has 0 nitrogen and oxygen atoms in total. The standard InChI is InChI=1S/C27H29Si.2ClH.Hf/c1-6-21-15-18(3)26(20(21)5)27(22-11-8-7-9-12-22)24-16-17(2)19(4)23(24)13-10-14-25(27)28;;;/h7-15,20H,6,28H2,1-5H3;2*1H;/q;;;+2/p-2. The first-order chi connectivity index (χ1) is 14.8. The van der Waals surface area contributed by atoms with Gasteiger partial charge in [0, 0.05) is 0 Å². The van der Waals surface area contributed by atoms with Crippen molar-refractivity contribution in [2.24, 2.45) is 5.92 Å². The molecule has 159 valence electrons. The van der Waals surface area contributed by atoms with Gasteiger partial charge in [0.05, 0.1) is 0 Å². The zero-order valence-electron chi connectivity index (χ0n) is 18.9. The van der Waals surface area contributed by atoms with Gasteiger partial charge in [-0.25, -0.2) is 0 Å². The molecule has 2 atom stereocenters. The Morgan fingerprint density at radius 3 is 2.32 bits per heavy atom. The minimum absolute atomic E-state index is 0.344. The van der Waals surface area contributed by atoms with Crippen LogP contribution in [0, 0.1) is 5.92 Å². The van der Waals surface area contributed by atoms with Crippen LogP contribution in [-0.2, 0) is 24.5 Å². The molecular weight excluding hydrogens is 602 g/mol. The SMILES string of the molecule is CCC1=CC(C)=C(C2(c3ccccc3)C(=[SiH2])C=CC=C3C(C)=C(C)[C]([Hf]([Cl])[Cl])=C32)C1C. The maximum atomic E-state index is 6.92. The van der Waals surface area contributed by atoms with Crippen LogP contribution in [0.15, 0.2) is 97.0 Å². The van der Waals surface area contributed by atoms with Crippen LogP contribution in [0.5, 0.6) is 0 Å². The fourth-order valence-electron chi connectivity index (χ4n) is 5.80. The maximum absolute atomic E-state index is 6.92. The molecule has 0 radical (unpaired) electrons. The molecule has 1 aromatic carbocycles. The van der Waals surface area contributed by atoms with Gasteiger partial charge in [-0.1, -0.05) is 0 Å². The Morgan fingerprint density at radius 1 is 1.06 bits per heavy atom. The topological polar surface area (TPSA) is 0 Å². The summed E-state index contributed by atoms with van der Waals surface area (Å²) in [5.74, 6) is 0.382. The Balaban J connectivity index is 2.18. The molecule has 0 saturated heterocycles. The number of hydrogen-bond acceptors (Lipinski definition) is 0. The van der Waals surface area contributed by atoms with Crippen molar-refractivity contribution in [3.63, 3.8) is 0 Å². The molecule has 0 bridgehead atoms. The third kappa shape index (κ3) is 3.44. The van der Waals surface area contributed by atoms with E-state index in [1.165, 1.54) is 53.1 Å². The third-order valence-electron chi connectivity index (χ3n) is 7.30. The van der Waals surface area contributed by atoms with Crippen LogP contribution in [0.2, 0.25) is 0 Å². The van der Waals surface area contributed by atoms with Crippen molar-refractivity contribution >= 4 is 32.2 Å². The van der Waals surface area contributed by atoms with Gasteiger partial charge in [0.1, 0.15) is 0 Å². The van der Waals surface area contributed by atoms with Crippen LogP contribution in [0.1, 0.15) is 46.6 Å². The summed E-state index contributed by atoms with van der Waals surface area (Å²) < 4.78 is 1.28. The molecule has 0 aromatic heterocycles. The van der Waals surface area contributed by atoms with Crippen LogP contribution in [0.3, 0.4) is 0 Å². The van der Waals surface area contributed by atoms with Gasteiger partial charge in [0.25, 0.3) is 0 Å². The number of benzene rings is 1. The van der Waals surface area contributed by atoms with Gasteiger partial charge >= 0.3 is 206 Å². The summed E-state index contributed by atoms with van der Waals surface area (Å²) in [5, 5.41) is 1.37. The van der Waals surface area contributed by atoms with Gasteiger partial charge in [-0.3, -0.25) is 0 Å². The molecule has 0 saturated carbocycles. The Kier molecular flexibility index (Phi) is 6.67. The second kappa shape index (κ2) is 8.86. The van der Waals surface area contributed by atoms with Crippen molar-refractivity contribution in [1.82, 2.24) is 0 Å². The van der Waals surface area contributed by atoms with E-state index >= 15 is 0 Å². The van der Waals surface area contributed by atoms with E-state index in [0.29, 0.717) is 5.92 Å². The Hall–Kier alpha value is -0.803. The van der Waals surface area contributed by atoms with E-state index in [4.69, 9.17) is 17.2 Å². The van der Waals surface area contributed by atoms with Crippen LogP contribution in [-0.4, -0.2) is 15.0 Å². The Bertz CT molecular complexity index is 1140. The monoisotopic (exact) mass is 631 g/mol. The number of halogens is 2. The van der Waals surface area contributed by atoms with Crippen LogP contribution in [0.25, 0.3) is 0 Å². The molecule has 0 N–H and O–H groups in total. The number of fused-ring (bicyclic) bond motifs is 1. The normalized spacial score (nSPS) is 25.8. The average molecular weight is 631 g/mol. The molecule has 0 amide bonds. The molecular formula is C27H29Cl2HfSi. The molecule has 3 aliphatic rings. The van der Waals surface area contributed by atoms with Gasteiger partial charge in [-0.2, -0.15) is 0 Å². The molecule has 4 heteroatoms. The van der Waals surface area contributed by atoms with Crippen molar-refractivity contribution in [2.45, 2.75) is 46.5 Å². The van der Waals surface area contributed by atoms with Crippen molar-refractivity contribution in [2.75, 3.05) is 0 Å². The fraction of sp³-hybridized carbons (Fsp3) is 0.296. The Morgan fingerprint density at radius 2 is 1.74 bits per heavy atom. The van der Waals surface area contributed by atoms with Crippen molar-refractivity contribution in [3.05, 3.63) is 103 Å². The van der Waals surface area contributed by atoms with E-state index in [-0.39, 0.29) is 5.41 Å². The molecule has 3 aliphatic carbocycles. The van der Waals surface area contributed by atoms with Gasteiger partial charge in [0.15, 0.2) is 0 Å². The average Bonchev–Trinajstić information content (AvgIpc) is 3.11. The molecule has 2 unspecified atom stereocenters. The van der Waals surface area contributed by atoms with Gasteiger partial charge in [-0.15, -0.1) is 0 Å². The molecule has 0 fully saturated rings. The quantitative estimate of drug-likeness (QED) is 0.313. The van der Waals surface area contributed by atoms with E-state index in [1.807, 2.05) is 9.85 Å². The first-order valence-electron chi connectivity index (χ1n) is 10.9. The molecule has 1 aromatic rings. The number of allylic oxidation sites excluding steroid dienone is 12. The van der Waals surface area contributed by atoms with Gasteiger partial charge < -0.3 is 0 Å². The zero-order chi connectivity index (χ0) is 22.5. The van der Waals surface area contributed by atoms with Crippen LogP contribution >= 0.6 is 17.2 Å². The number of hydrogen-bond donors (Lipinski definition) is 0. The van der Waals surface area contributed by atoms with Crippen molar-refractivity contribution < 1.29 is 19.1 Å². The zero-order valence-corrected chi connectivity index (χ0v) is 25.5. The summed E-state index contributed by atoms with van der Waals surface area (Å²) in [5.41, 5.74) is 10.7. The number of rotatable bonds is 4. The van der Waals surface area contributed by atoms with E-state index in [0.717, 1.165) is 6.42 Å². The Labute approximate surface area is 204 Å². The predicted octanol–water partition coefficient (Wildman–Crippen LogP) is 7.06. The molecule has 0 heterocycles. The first kappa shape index (κ1) is 23.4. The first-order valence-corrected chi connectivity index (χ1v) is 22.3. The van der Waals surface area contributed by atoms with Crippen LogP contribution in [0.4, 0.5) is 0 Å². The summed E-state index contributed by atoms with van der Waals surface area (Å²) in [6.07, 6.45) is 10.3. The summed E-state index contributed by atoms with van der Waals surface area (Å²) in [6.45, 7) is 11.4. The fourth-order valence-corrected chi connectivity index (χ4v) is 13.9. The van der Waals surface area contributed by atoms with Gasteiger partial charge in [-0.05, 0) is 0 Å². The summed E-state index contributed by atoms with van der Waals surface area (Å²) in [7, 11) is 15.9. The van der Waals surface area contributed by atoms with E-state index in [9.17, 15) is 0 Å². The molecule has 0 aliphatic heterocycles. The molecule has 4 rings (SSSR count). The van der Waals surface area contributed by atoms with E-state index < -0.39 is 19.1 Å². The second-order valence-corrected chi connectivity index (χ2v) is 20.9. The van der Waals surface area contributed by atoms with Crippen molar-refractivity contribution in [3.8, 4) is 0 Å². The molecule has 0 spiro atoms. The summed E-state index contributed by atoms with van der Waals surface area (Å²) in [4.78, 5) is 0. The second-order valence-electron chi connectivity index (χ2n) is 8.73. The van der Waals surface area contributed by atoms with E-state index in [1.54, 1.807) is 0 Å². The summed E-state index contributed by atoms with van der Waals surface area (Å²) >= 11 is -2.95. The van der Waals surface area contributed by atoms with E-state index in [2.05, 4.69) is 89.3 Å². The third-order valence-corrected chi connectivity index (χ3v) is 14.8.